The summed E-state index contributed by atoms with van der Waals surface area (Å²) in [6.07, 6.45) is -2.77. The largest absolute Gasteiger partial charge is 0.380 e. The van der Waals surface area contributed by atoms with E-state index in [1.54, 1.807) is 0 Å². The van der Waals surface area contributed by atoms with Crippen molar-refractivity contribution in [3.63, 3.8) is 0 Å². The van der Waals surface area contributed by atoms with Crippen molar-refractivity contribution in [1.29, 1.82) is 0 Å². The molecule has 106 valence electrons. The van der Waals surface area contributed by atoms with E-state index in [-0.39, 0.29) is 16.9 Å². The lowest BCUT2D eigenvalue weighted by Gasteiger charge is -2.10. The summed E-state index contributed by atoms with van der Waals surface area (Å²) in [7, 11) is 0. The van der Waals surface area contributed by atoms with Crippen molar-refractivity contribution < 1.29 is 13.7 Å². The van der Waals surface area contributed by atoms with Crippen molar-refractivity contribution in [2.75, 3.05) is 5.32 Å². The summed E-state index contributed by atoms with van der Waals surface area (Å²) in [5.41, 5.74) is -0.505. The van der Waals surface area contributed by atoms with Gasteiger partial charge in [0.1, 0.15) is 0 Å². The number of nitro benzene ring substituents is 1. The molecule has 2 aromatic rings. The minimum absolute atomic E-state index is 0.204. The van der Waals surface area contributed by atoms with Gasteiger partial charge in [0.15, 0.2) is 0 Å². The molecular formula is C12H9BrF2N2O2S. The summed E-state index contributed by atoms with van der Waals surface area (Å²) in [5, 5.41) is 13.5. The van der Waals surface area contributed by atoms with Gasteiger partial charge in [-0.05, 0) is 34.1 Å². The van der Waals surface area contributed by atoms with Crippen LogP contribution in [0.25, 0.3) is 0 Å². The smallest absolute Gasteiger partial charge is 0.270 e. The summed E-state index contributed by atoms with van der Waals surface area (Å²) < 4.78 is 26.8. The first-order chi connectivity index (χ1) is 9.47. The van der Waals surface area contributed by atoms with E-state index in [1.807, 2.05) is 12.1 Å². The van der Waals surface area contributed by atoms with E-state index in [9.17, 15) is 18.9 Å². The Bertz CT molecular complexity index is 634. The molecule has 0 aliphatic rings. The number of anilines is 1. The fourth-order valence-corrected chi connectivity index (χ4v) is 3.06. The Hall–Kier alpha value is -1.54. The van der Waals surface area contributed by atoms with Gasteiger partial charge in [-0.1, -0.05) is 0 Å². The molecule has 1 aromatic heterocycles. The standard InChI is InChI=1S/C12H9BrF2N2O2S/c13-11-4-2-8(20-11)6-16-10-3-1-7(17(18)19)5-9(10)12(14)15/h1-5,12,16H,6H2. The van der Waals surface area contributed by atoms with Crippen LogP contribution >= 0.6 is 27.3 Å². The van der Waals surface area contributed by atoms with Crippen LogP contribution in [0.5, 0.6) is 0 Å². The first-order valence-corrected chi connectivity index (χ1v) is 7.13. The zero-order chi connectivity index (χ0) is 14.7. The van der Waals surface area contributed by atoms with Crippen LogP contribution < -0.4 is 5.32 Å². The molecule has 4 nitrogen and oxygen atoms in total. The van der Waals surface area contributed by atoms with Crippen LogP contribution in [0.1, 0.15) is 16.9 Å². The molecule has 0 radical (unpaired) electrons. The highest BCUT2D eigenvalue weighted by atomic mass is 79.9. The highest BCUT2D eigenvalue weighted by Gasteiger charge is 2.17. The topological polar surface area (TPSA) is 55.2 Å². The summed E-state index contributed by atoms with van der Waals surface area (Å²) in [5.74, 6) is 0. The Morgan fingerprint density at radius 2 is 2.10 bits per heavy atom. The van der Waals surface area contributed by atoms with Gasteiger partial charge in [-0.3, -0.25) is 10.1 Å². The summed E-state index contributed by atoms with van der Waals surface area (Å²) in [6, 6.07) is 7.15. The lowest BCUT2D eigenvalue weighted by atomic mass is 10.1. The number of non-ortho nitro benzene ring substituents is 1. The molecule has 0 amide bonds. The van der Waals surface area contributed by atoms with Gasteiger partial charge >= 0.3 is 0 Å². The molecule has 0 saturated heterocycles. The molecule has 8 heteroatoms. The van der Waals surface area contributed by atoms with Crippen LogP contribution in [-0.4, -0.2) is 4.92 Å². The first kappa shape index (κ1) is 14.9. The zero-order valence-corrected chi connectivity index (χ0v) is 12.4. The highest BCUT2D eigenvalue weighted by molar-refractivity contribution is 9.11. The molecule has 1 N–H and O–H groups in total. The van der Waals surface area contributed by atoms with Crippen LogP contribution in [-0.2, 0) is 6.54 Å². The van der Waals surface area contributed by atoms with Gasteiger partial charge in [0.2, 0.25) is 0 Å². The molecule has 0 aliphatic heterocycles. The second kappa shape index (κ2) is 6.27. The lowest BCUT2D eigenvalue weighted by molar-refractivity contribution is -0.385. The first-order valence-electron chi connectivity index (χ1n) is 5.52. The number of benzene rings is 1. The third kappa shape index (κ3) is 3.51. The molecule has 0 fully saturated rings. The SMILES string of the molecule is O=[N+]([O-])c1ccc(NCc2ccc(Br)s2)c(C(F)F)c1. The molecule has 20 heavy (non-hydrogen) atoms. The highest BCUT2D eigenvalue weighted by Crippen LogP contribution is 2.31. The van der Waals surface area contributed by atoms with Gasteiger partial charge in [-0.2, -0.15) is 0 Å². The molecule has 1 heterocycles. The zero-order valence-electron chi connectivity index (χ0n) is 9.98. The van der Waals surface area contributed by atoms with Crippen LogP contribution in [0, 0.1) is 10.1 Å². The van der Waals surface area contributed by atoms with E-state index >= 15 is 0 Å². The minimum Gasteiger partial charge on any atom is -0.380 e. The fourth-order valence-electron chi connectivity index (χ4n) is 1.63. The Labute approximate surface area is 125 Å². The van der Waals surface area contributed by atoms with Crippen molar-refractivity contribution in [2.45, 2.75) is 13.0 Å². The van der Waals surface area contributed by atoms with E-state index < -0.39 is 11.3 Å². The van der Waals surface area contributed by atoms with Crippen molar-refractivity contribution in [1.82, 2.24) is 0 Å². The Balaban J connectivity index is 2.20. The van der Waals surface area contributed by atoms with Gasteiger partial charge < -0.3 is 5.32 Å². The fraction of sp³-hybridized carbons (Fsp3) is 0.167. The monoisotopic (exact) mass is 362 g/mol. The maximum absolute atomic E-state index is 12.9. The second-order valence-corrected chi connectivity index (χ2v) is 6.44. The quantitative estimate of drug-likeness (QED) is 0.603. The predicted octanol–water partition coefficient (Wildman–Crippen LogP) is 4.97. The Kier molecular flexibility index (Phi) is 4.66. The van der Waals surface area contributed by atoms with Crippen molar-refractivity contribution in [3.8, 4) is 0 Å². The van der Waals surface area contributed by atoms with Crippen LogP contribution in [0.3, 0.4) is 0 Å². The maximum atomic E-state index is 12.9. The molecule has 1 aromatic carbocycles. The summed E-state index contributed by atoms with van der Waals surface area (Å²) >= 11 is 4.81. The van der Waals surface area contributed by atoms with Gasteiger partial charge in [0.05, 0.1) is 8.71 Å². The number of thiophene rings is 1. The second-order valence-electron chi connectivity index (χ2n) is 3.89. The third-order valence-electron chi connectivity index (χ3n) is 2.56. The van der Waals surface area contributed by atoms with E-state index in [0.29, 0.717) is 6.54 Å². The minimum atomic E-state index is -2.77. The van der Waals surface area contributed by atoms with E-state index in [2.05, 4.69) is 21.2 Å². The molecule has 0 unspecified atom stereocenters. The molecular weight excluding hydrogens is 354 g/mol. The number of hydrogen-bond acceptors (Lipinski definition) is 4. The van der Waals surface area contributed by atoms with Gasteiger partial charge in [-0.25, -0.2) is 8.78 Å². The van der Waals surface area contributed by atoms with Gasteiger partial charge in [0.25, 0.3) is 12.1 Å². The predicted molar refractivity (Wildman–Crippen MR) is 77.4 cm³/mol. The Morgan fingerprint density at radius 1 is 1.35 bits per heavy atom. The van der Waals surface area contributed by atoms with E-state index in [1.165, 1.54) is 23.5 Å². The number of nitrogens with one attached hydrogen (secondary N) is 1. The number of halogens is 3. The summed E-state index contributed by atoms with van der Waals surface area (Å²) in [6.45, 7) is 0.383. The average Bonchev–Trinajstić information content (AvgIpc) is 2.81. The Morgan fingerprint density at radius 3 is 2.65 bits per heavy atom. The van der Waals surface area contributed by atoms with Crippen LogP contribution in [0.15, 0.2) is 34.1 Å². The van der Waals surface area contributed by atoms with E-state index in [4.69, 9.17) is 0 Å². The number of hydrogen-bond donors (Lipinski definition) is 1. The van der Waals surface area contributed by atoms with Gasteiger partial charge in [-0.15, -0.1) is 11.3 Å². The number of alkyl halides is 2. The van der Waals surface area contributed by atoms with Crippen LogP contribution in [0.4, 0.5) is 20.2 Å². The molecule has 0 saturated carbocycles. The average molecular weight is 363 g/mol. The van der Waals surface area contributed by atoms with Gasteiger partial charge in [0, 0.05) is 34.8 Å². The van der Waals surface area contributed by atoms with Crippen molar-refractivity contribution in [3.05, 3.63) is 54.7 Å². The molecule has 2 rings (SSSR count). The molecule has 0 spiro atoms. The van der Waals surface area contributed by atoms with Crippen LogP contribution in [0.2, 0.25) is 0 Å². The van der Waals surface area contributed by atoms with E-state index in [0.717, 1.165) is 14.7 Å². The number of nitro groups is 1. The molecule has 0 bridgehead atoms. The molecule has 0 atom stereocenters. The van der Waals surface area contributed by atoms with Crippen molar-refractivity contribution >= 4 is 38.6 Å². The molecule has 0 aliphatic carbocycles. The third-order valence-corrected chi connectivity index (χ3v) is 4.19. The normalized spacial score (nSPS) is 10.8. The van der Waals surface area contributed by atoms with Crippen molar-refractivity contribution in [2.24, 2.45) is 0 Å². The number of rotatable bonds is 5. The summed E-state index contributed by atoms with van der Waals surface area (Å²) in [4.78, 5) is 10.9. The maximum Gasteiger partial charge on any atom is 0.270 e. The lowest BCUT2D eigenvalue weighted by Crippen LogP contribution is -2.02. The number of nitrogens with zero attached hydrogens (tertiary/aromatic N) is 1.